The molecule has 6 atom stereocenters. The van der Waals surface area contributed by atoms with Gasteiger partial charge >= 0.3 is 0 Å². The molecule has 0 bridgehead atoms. The summed E-state index contributed by atoms with van der Waals surface area (Å²) in [5.74, 6) is 1.48. The molecule has 0 spiro atoms. The Bertz CT molecular complexity index is 1900. The van der Waals surface area contributed by atoms with Crippen LogP contribution in [0.25, 0.3) is 10.8 Å². The van der Waals surface area contributed by atoms with Gasteiger partial charge < -0.3 is 34.2 Å². The summed E-state index contributed by atoms with van der Waals surface area (Å²) in [5, 5.41) is 26.8. The standard InChI is InChI=1S/C48H62N2O7/c1-4-28-54-48-44(50(3)45(53)25-20-33-14-6-7-15-33)32-42(49-55-5-2)40-30-36(18-10-12-26-51)39(19-11-13-27-52)46(47(40)48)41-31-38(23-24-43(41)57-48)56-37-22-21-34-16-8-9-17-35(34)29-37/h4,8-9,16-17,21-24,29-31,33,36,39,44,46-47,51-52H,1,5-7,10-15,18-20,25-28,32H2,2-3H3/t36-,39+,44-,46+,47+,48+/m0/s1. The van der Waals surface area contributed by atoms with E-state index in [2.05, 4.69) is 43.0 Å². The molecule has 9 heteroatoms. The number of hydrogen-bond donors (Lipinski definition) is 2. The lowest BCUT2D eigenvalue weighted by atomic mass is 9.55. The van der Waals surface area contributed by atoms with E-state index in [0.717, 1.165) is 77.6 Å². The molecule has 0 aromatic heterocycles. The molecule has 4 aliphatic rings. The number of carbonyl (C=O) groups is 1. The lowest BCUT2D eigenvalue weighted by molar-refractivity contribution is -0.255. The highest BCUT2D eigenvalue weighted by atomic mass is 16.7. The number of aliphatic hydroxyl groups is 2. The van der Waals surface area contributed by atoms with Crippen LogP contribution in [0.15, 0.2) is 90.1 Å². The molecule has 306 valence electrons. The number of likely N-dealkylation sites (N-methyl/N-ethyl adjacent to an activating group) is 1. The number of oxime groups is 1. The Morgan fingerprint density at radius 2 is 1.70 bits per heavy atom. The highest BCUT2D eigenvalue weighted by Crippen LogP contribution is 2.62. The fraction of sp³-hybridized carbons (Fsp3) is 0.542. The quantitative estimate of drug-likeness (QED) is 0.0709. The van der Waals surface area contributed by atoms with E-state index in [1.54, 1.807) is 6.08 Å². The van der Waals surface area contributed by atoms with Gasteiger partial charge in [0.25, 0.3) is 0 Å². The van der Waals surface area contributed by atoms with Crippen LogP contribution in [0, 0.1) is 23.7 Å². The number of unbranched alkanes of at least 4 members (excludes halogenated alkanes) is 2. The summed E-state index contributed by atoms with van der Waals surface area (Å²) < 4.78 is 21.0. The number of rotatable bonds is 19. The van der Waals surface area contributed by atoms with Crippen molar-refractivity contribution in [3.05, 3.63) is 90.5 Å². The van der Waals surface area contributed by atoms with Gasteiger partial charge in [-0.3, -0.25) is 4.79 Å². The van der Waals surface area contributed by atoms with Crippen molar-refractivity contribution < 1.29 is 34.1 Å². The van der Waals surface area contributed by atoms with Crippen molar-refractivity contribution in [2.45, 2.75) is 108 Å². The largest absolute Gasteiger partial charge is 0.459 e. The van der Waals surface area contributed by atoms with Crippen molar-refractivity contribution in [1.82, 2.24) is 4.90 Å². The smallest absolute Gasteiger partial charge is 0.239 e. The van der Waals surface area contributed by atoms with E-state index < -0.39 is 11.8 Å². The second-order valence-electron chi connectivity index (χ2n) is 16.5. The van der Waals surface area contributed by atoms with Crippen LogP contribution in [-0.4, -0.2) is 72.0 Å². The predicted molar refractivity (Wildman–Crippen MR) is 225 cm³/mol. The van der Waals surface area contributed by atoms with Gasteiger partial charge in [0.1, 0.15) is 29.9 Å². The van der Waals surface area contributed by atoms with Gasteiger partial charge in [-0.2, -0.15) is 0 Å². The highest BCUT2D eigenvalue weighted by molar-refractivity contribution is 6.03. The summed E-state index contributed by atoms with van der Waals surface area (Å²) in [5.41, 5.74) is 2.90. The summed E-state index contributed by atoms with van der Waals surface area (Å²) in [4.78, 5) is 22.0. The fourth-order valence-electron chi connectivity index (χ4n) is 10.3. The Morgan fingerprint density at radius 3 is 2.46 bits per heavy atom. The molecule has 0 saturated heterocycles. The van der Waals surface area contributed by atoms with Crippen LogP contribution in [0.2, 0.25) is 0 Å². The Morgan fingerprint density at radius 1 is 0.965 bits per heavy atom. The Balaban J connectivity index is 1.36. The highest BCUT2D eigenvalue weighted by Gasteiger charge is 2.65. The van der Waals surface area contributed by atoms with Gasteiger partial charge in [-0.25, -0.2) is 0 Å². The first-order valence-corrected chi connectivity index (χ1v) is 21.5. The molecular weight excluding hydrogens is 717 g/mol. The van der Waals surface area contributed by atoms with Gasteiger partial charge in [0.15, 0.2) is 0 Å². The van der Waals surface area contributed by atoms with Crippen LogP contribution < -0.4 is 9.47 Å². The summed E-state index contributed by atoms with van der Waals surface area (Å²) >= 11 is 0. The first-order valence-electron chi connectivity index (χ1n) is 21.5. The molecule has 3 aliphatic carbocycles. The fourth-order valence-corrected chi connectivity index (χ4v) is 10.3. The van der Waals surface area contributed by atoms with E-state index in [1.807, 2.05) is 49.2 Å². The second kappa shape index (κ2) is 19.0. The van der Waals surface area contributed by atoms with Crippen molar-refractivity contribution in [1.29, 1.82) is 0 Å². The normalized spacial score (nSPS) is 26.0. The summed E-state index contributed by atoms with van der Waals surface area (Å²) in [6.45, 7) is 6.91. The summed E-state index contributed by atoms with van der Waals surface area (Å²) in [6.07, 6.45) is 15.7. The van der Waals surface area contributed by atoms with Gasteiger partial charge in [0.2, 0.25) is 11.7 Å². The number of benzene rings is 3. The molecule has 2 fully saturated rings. The van der Waals surface area contributed by atoms with E-state index in [9.17, 15) is 15.0 Å². The summed E-state index contributed by atoms with van der Waals surface area (Å²) in [7, 11) is 1.90. The predicted octanol–water partition coefficient (Wildman–Crippen LogP) is 9.71. The molecule has 57 heavy (non-hydrogen) atoms. The molecule has 1 aliphatic heterocycles. The zero-order chi connectivity index (χ0) is 39.8. The van der Waals surface area contributed by atoms with Crippen molar-refractivity contribution in [3.63, 3.8) is 0 Å². The molecule has 1 amide bonds. The van der Waals surface area contributed by atoms with E-state index >= 15 is 0 Å². The first-order chi connectivity index (χ1) is 27.9. The molecule has 0 radical (unpaired) electrons. The first kappa shape index (κ1) is 41.0. The Hall–Kier alpha value is -4.18. The zero-order valence-electron chi connectivity index (χ0n) is 34.0. The van der Waals surface area contributed by atoms with Crippen LogP contribution in [0.1, 0.15) is 102 Å². The topological polar surface area (TPSA) is 110 Å². The van der Waals surface area contributed by atoms with Crippen LogP contribution in [0.5, 0.6) is 17.2 Å². The van der Waals surface area contributed by atoms with Gasteiger partial charge in [-0.05, 0) is 103 Å². The maximum absolute atomic E-state index is 14.3. The molecular formula is C48H62N2O7. The van der Waals surface area contributed by atoms with Gasteiger partial charge in [-0.15, -0.1) is 6.58 Å². The van der Waals surface area contributed by atoms with Gasteiger partial charge in [-0.1, -0.05) is 86.2 Å². The van der Waals surface area contributed by atoms with Crippen molar-refractivity contribution >= 4 is 22.4 Å². The minimum absolute atomic E-state index is 0.0823. The molecule has 9 nitrogen and oxygen atoms in total. The van der Waals surface area contributed by atoms with Crippen LogP contribution in [-0.2, 0) is 14.4 Å². The second-order valence-corrected chi connectivity index (χ2v) is 16.5. The molecule has 3 aromatic rings. The number of ether oxygens (including phenoxy) is 3. The number of fused-ring (bicyclic) bond motifs is 3. The number of carbonyl (C=O) groups excluding carboxylic acids is 1. The van der Waals surface area contributed by atoms with Crippen molar-refractivity contribution in [2.24, 2.45) is 28.8 Å². The van der Waals surface area contributed by atoms with Crippen molar-refractivity contribution in [2.75, 3.05) is 33.5 Å². The van der Waals surface area contributed by atoms with Crippen LogP contribution in [0.3, 0.4) is 0 Å². The molecule has 2 N–H and O–H groups in total. The van der Waals surface area contributed by atoms with E-state index in [-0.39, 0.29) is 49.4 Å². The van der Waals surface area contributed by atoms with Crippen LogP contribution in [0.4, 0.5) is 0 Å². The minimum Gasteiger partial charge on any atom is -0.459 e. The number of allylic oxidation sites excluding steroid dienone is 1. The molecule has 2 saturated carbocycles. The molecule has 0 unspecified atom stereocenters. The number of nitrogens with zero attached hydrogens (tertiary/aromatic N) is 2. The average Bonchev–Trinajstić information content (AvgIpc) is 3.76. The van der Waals surface area contributed by atoms with Crippen LogP contribution >= 0.6 is 0 Å². The molecule has 3 aromatic carbocycles. The van der Waals surface area contributed by atoms with E-state index in [4.69, 9.17) is 24.2 Å². The Labute approximate surface area is 338 Å². The van der Waals surface area contributed by atoms with Gasteiger partial charge in [0, 0.05) is 44.6 Å². The lowest BCUT2D eigenvalue weighted by Crippen LogP contribution is -2.69. The number of amides is 1. The third kappa shape index (κ3) is 8.81. The van der Waals surface area contributed by atoms with E-state index in [1.165, 1.54) is 25.7 Å². The van der Waals surface area contributed by atoms with Crippen molar-refractivity contribution in [3.8, 4) is 17.2 Å². The molecule has 7 rings (SSSR count). The van der Waals surface area contributed by atoms with E-state index in [0.29, 0.717) is 37.5 Å². The third-order valence-electron chi connectivity index (χ3n) is 13.0. The minimum atomic E-state index is -1.24. The monoisotopic (exact) mass is 778 g/mol. The maximum atomic E-state index is 14.3. The summed E-state index contributed by atoms with van der Waals surface area (Å²) in [6, 6.07) is 20.0. The third-order valence-corrected chi connectivity index (χ3v) is 13.0. The Kier molecular flexibility index (Phi) is 13.7. The molecule has 1 heterocycles. The van der Waals surface area contributed by atoms with Gasteiger partial charge in [0.05, 0.1) is 18.2 Å². The zero-order valence-corrected chi connectivity index (χ0v) is 34.0. The average molecular weight is 779 g/mol. The lowest BCUT2D eigenvalue weighted by Gasteiger charge is -2.59. The SMILES string of the molecule is C=CCO[C@@]12Oc3ccc(Oc4ccc5ccccc5c4)cc3[C@H]3[C@H](CCCCO)[C@@H](CCCCO)C=C(C(=NOCC)C[C@@H]1N(C)C(=O)CCC1CCCC1)[C@H]32. The number of hydrogen-bond acceptors (Lipinski definition) is 8. The maximum Gasteiger partial charge on any atom is 0.239 e. The number of aliphatic hydroxyl groups excluding tert-OH is 2.